The smallest absolute Gasteiger partial charge is 0.160 e. The van der Waals surface area contributed by atoms with Gasteiger partial charge in [-0.25, -0.2) is 4.98 Å². The van der Waals surface area contributed by atoms with Crippen LogP contribution in [0.1, 0.15) is 30.7 Å². The van der Waals surface area contributed by atoms with Crippen molar-refractivity contribution in [2.75, 3.05) is 0 Å². The quantitative estimate of drug-likeness (QED) is 0.841. The lowest BCUT2D eigenvalue weighted by Crippen LogP contribution is -2.17. The number of benzene rings is 1. The molecule has 20 heavy (non-hydrogen) atoms. The number of rotatable bonds is 3. The molecular formula is C16H18BrNO2. The summed E-state index contributed by atoms with van der Waals surface area (Å²) in [5.41, 5.74) is 1.77. The molecule has 3 nitrogen and oxygen atoms in total. The number of hydrogen-bond acceptors (Lipinski definition) is 3. The summed E-state index contributed by atoms with van der Waals surface area (Å²) in [6.45, 7) is 7.42. The Bertz CT molecular complexity index is 613. The monoisotopic (exact) mass is 335 g/mol. The molecule has 106 valence electrons. The van der Waals surface area contributed by atoms with E-state index in [1.807, 2.05) is 38.1 Å². The van der Waals surface area contributed by atoms with Crippen LogP contribution in [0.4, 0.5) is 0 Å². The second-order valence-electron chi connectivity index (χ2n) is 5.37. The van der Waals surface area contributed by atoms with Gasteiger partial charge in [-0.2, -0.15) is 0 Å². The third kappa shape index (κ3) is 3.19. The van der Waals surface area contributed by atoms with Gasteiger partial charge in [0.05, 0.1) is 5.69 Å². The lowest BCUT2D eigenvalue weighted by molar-refractivity contribution is 0.0736. The van der Waals surface area contributed by atoms with Gasteiger partial charge in [-0.15, -0.1) is 0 Å². The van der Waals surface area contributed by atoms with Gasteiger partial charge in [0.2, 0.25) is 0 Å². The summed E-state index contributed by atoms with van der Waals surface area (Å²) in [5.74, 6) is 1.47. The average Bonchev–Trinajstić information content (AvgIpc) is 2.34. The van der Waals surface area contributed by atoms with Gasteiger partial charge in [-0.05, 0) is 66.9 Å². The van der Waals surface area contributed by atoms with E-state index in [1.54, 1.807) is 19.9 Å². The third-order valence-corrected chi connectivity index (χ3v) is 3.63. The van der Waals surface area contributed by atoms with Crippen molar-refractivity contribution in [3.8, 4) is 11.5 Å². The second-order valence-corrected chi connectivity index (χ2v) is 6.12. The van der Waals surface area contributed by atoms with E-state index < -0.39 is 5.60 Å². The number of nitrogens with zero attached hydrogens (tertiary/aromatic N) is 1. The number of para-hydroxylation sites is 1. The standard InChI is InChI=1S/C16H18BrNO2/c1-10-6-5-7-11(2)14(10)20-12-8-9-13(16(3,4)19)18-15(12)17/h5-9,19H,1-4H3. The molecule has 1 heterocycles. The van der Waals surface area contributed by atoms with E-state index in [9.17, 15) is 5.11 Å². The molecule has 0 amide bonds. The minimum atomic E-state index is -0.973. The van der Waals surface area contributed by atoms with Gasteiger partial charge in [0.1, 0.15) is 16.0 Å². The molecule has 1 aromatic heterocycles. The number of aromatic nitrogens is 1. The van der Waals surface area contributed by atoms with E-state index in [4.69, 9.17) is 4.74 Å². The lowest BCUT2D eigenvalue weighted by atomic mass is 10.1. The number of aryl methyl sites for hydroxylation is 2. The lowest BCUT2D eigenvalue weighted by Gasteiger charge is -2.18. The van der Waals surface area contributed by atoms with Crippen LogP contribution in [-0.4, -0.2) is 10.1 Å². The maximum absolute atomic E-state index is 9.96. The molecule has 2 aromatic rings. The maximum atomic E-state index is 9.96. The summed E-state index contributed by atoms with van der Waals surface area (Å²) in [5, 5.41) is 9.96. The molecule has 0 unspecified atom stereocenters. The minimum Gasteiger partial charge on any atom is -0.454 e. The Morgan fingerprint density at radius 3 is 2.20 bits per heavy atom. The summed E-state index contributed by atoms with van der Waals surface area (Å²) >= 11 is 3.40. The minimum absolute atomic E-state index is 0.583. The van der Waals surface area contributed by atoms with Crippen LogP contribution in [0.5, 0.6) is 11.5 Å². The summed E-state index contributed by atoms with van der Waals surface area (Å²) < 4.78 is 6.53. The van der Waals surface area contributed by atoms with Crippen LogP contribution in [-0.2, 0) is 5.60 Å². The SMILES string of the molecule is Cc1cccc(C)c1Oc1ccc(C(C)(C)O)nc1Br. The molecule has 0 bridgehead atoms. The van der Waals surface area contributed by atoms with Crippen molar-refractivity contribution in [3.05, 3.63) is 51.8 Å². The van der Waals surface area contributed by atoms with Crippen molar-refractivity contribution in [1.29, 1.82) is 0 Å². The predicted octanol–water partition coefficient (Wildman–Crippen LogP) is 4.48. The summed E-state index contributed by atoms with van der Waals surface area (Å²) in [4.78, 5) is 4.34. The molecule has 2 rings (SSSR count). The van der Waals surface area contributed by atoms with Crippen molar-refractivity contribution in [3.63, 3.8) is 0 Å². The van der Waals surface area contributed by atoms with Crippen LogP contribution >= 0.6 is 15.9 Å². The fourth-order valence-corrected chi connectivity index (χ4v) is 2.31. The normalized spacial score (nSPS) is 11.5. The van der Waals surface area contributed by atoms with E-state index in [1.165, 1.54) is 0 Å². The van der Waals surface area contributed by atoms with Crippen LogP contribution in [0.25, 0.3) is 0 Å². The molecule has 0 saturated heterocycles. The third-order valence-electron chi connectivity index (χ3n) is 3.06. The van der Waals surface area contributed by atoms with E-state index in [2.05, 4.69) is 20.9 Å². The zero-order valence-electron chi connectivity index (χ0n) is 12.1. The van der Waals surface area contributed by atoms with E-state index in [-0.39, 0.29) is 0 Å². The summed E-state index contributed by atoms with van der Waals surface area (Å²) in [6.07, 6.45) is 0. The highest BCUT2D eigenvalue weighted by Gasteiger charge is 2.19. The first kappa shape index (κ1) is 15.0. The fraction of sp³-hybridized carbons (Fsp3) is 0.312. The van der Waals surface area contributed by atoms with E-state index >= 15 is 0 Å². The zero-order valence-corrected chi connectivity index (χ0v) is 13.7. The fourth-order valence-electron chi connectivity index (χ4n) is 1.91. The van der Waals surface area contributed by atoms with Crippen LogP contribution in [0, 0.1) is 13.8 Å². The number of halogens is 1. The molecule has 0 fully saturated rings. The van der Waals surface area contributed by atoms with Gasteiger partial charge in [0.25, 0.3) is 0 Å². The number of pyridine rings is 1. The van der Waals surface area contributed by atoms with Gasteiger partial charge >= 0.3 is 0 Å². The van der Waals surface area contributed by atoms with E-state index in [0.717, 1.165) is 16.9 Å². The summed E-state index contributed by atoms with van der Waals surface area (Å²) in [6, 6.07) is 9.61. The topological polar surface area (TPSA) is 42.4 Å². The van der Waals surface area contributed by atoms with Crippen molar-refractivity contribution < 1.29 is 9.84 Å². The Balaban J connectivity index is 2.36. The number of hydrogen-bond donors (Lipinski definition) is 1. The van der Waals surface area contributed by atoms with Crippen molar-refractivity contribution in [2.45, 2.75) is 33.3 Å². The molecule has 1 aromatic carbocycles. The van der Waals surface area contributed by atoms with Crippen LogP contribution < -0.4 is 4.74 Å². The molecular weight excluding hydrogens is 318 g/mol. The Morgan fingerprint density at radius 1 is 1.10 bits per heavy atom. The highest BCUT2D eigenvalue weighted by atomic mass is 79.9. The first-order valence-corrected chi connectivity index (χ1v) is 7.22. The molecule has 0 aliphatic rings. The molecule has 0 aliphatic carbocycles. The van der Waals surface area contributed by atoms with Gasteiger partial charge in [-0.3, -0.25) is 0 Å². The average molecular weight is 336 g/mol. The van der Waals surface area contributed by atoms with Crippen LogP contribution in [0.15, 0.2) is 34.9 Å². The van der Waals surface area contributed by atoms with E-state index in [0.29, 0.717) is 16.0 Å². The molecule has 0 atom stereocenters. The predicted molar refractivity (Wildman–Crippen MR) is 83.2 cm³/mol. The molecule has 1 N–H and O–H groups in total. The van der Waals surface area contributed by atoms with Crippen molar-refractivity contribution >= 4 is 15.9 Å². The van der Waals surface area contributed by atoms with Crippen molar-refractivity contribution in [1.82, 2.24) is 4.98 Å². The van der Waals surface area contributed by atoms with Crippen LogP contribution in [0.3, 0.4) is 0 Å². The Kier molecular flexibility index (Phi) is 4.16. The van der Waals surface area contributed by atoms with Gasteiger partial charge in [0, 0.05) is 0 Å². The molecule has 0 saturated carbocycles. The Morgan fingerprint density at radius 2 is 1.70 bits per heavy atom. The summed E-state index contributed by atoms with van der Waals surface area (Å²) in [7, 11) is 0. The number of ether oxygens (including phenoxy) is 1. The largest absolute Gasteiger partial charge is 0.454 e. The Hall–Kier alpha value is -1.39. The maximum Gasteiger partial charge on any atom is 0.160 e. The molecule has 0 aliphatic heterocycles. The van der Waals surface area contributed by atoms with Gasteiger partial charge in [-0.1, -0.05) is 18.2 Å². The highest BCUT2D eigenvalue weighted by molar-refractivity contribution is 9.10. The molecule has 4 heteroatoms. The molecule has 0 spiro atoms. The first-order valence-electron chi connectivity index (χ1n) is 6.42. The molecule has 0 radical (unpaired) electrons. The van der Waals surface area contributed by atoms with Gasteiger partial charge in [0.15, 0.2) is 5.75 Å². The second kappa shape index (κ2) is 5.54. The van der Waals surface area contributed by atoms with Crippen molar-refractivity contribution in [2.24, 2.45) is 0 Å². The Labute approximate surface area is 127 Å². The number of aliphatic hydroxyl groups is 1. The first-order chi connectivity index (χ1) is 9.29. The highest BCUT2D eigenvalue weighted by Crippen LogP contribution is 2.33. The van der Waals surface area contributed by atoms with Crippen LogP contribution in [0.2, 0.25) is 0 Å². The zero-order chi connectivity index (χ0) is 14.9. The van der Waals surface area contributed by atoms with Gasteiger partial charge < -0.3 is 9.84 Å².